The Kier molecular flexibility index (Phi) is 3.07. The number of hydrogen-bond acceptors (Lipinski definition) is 3. The Labute approximate surface area is 103 Å². The van der Waals surface area contributed by atoms with Crippen LogP contribution in [0.1, 0.15) is 18.4 Å². The molecule has 1 aliphatic heterocycles. The van der Waals surface area contributed by atoms with E-state index < -0.39 is 11.7 Å². The van der Waals surface area contributed by atoms with Crippen LogP contribution in [0.3, 0.4) is 0 Å². The van der Waals surface area contributed by atoms with Gasteiger partial charge in [-0.2, -0.15) is 5.26 Å². The number of anilines is 2. The molecule has 3 nitrogen and oxygen atoms in total. The molecular formula is C12H12F3N3. The van der Waals surface area contributed by atoms with Gasteiger partial charge in [-0.15, -0.1) is 0 Å². The molecular weight excluding hydrogens is 243 g/mol. The monoisotopic (exact) mass is 255 g/mol. The number of halogens is 3. The van der Waals surface area contributed by atoms with Gasteiger partial charge in [-0.1, -0.05) is 0 Å². The van der Waals surface area contributed by atoms with E-state index >= 15 is 0 Å². The summed E-state index contributed by atoms with van der Waals surface area (Å²) in [5.41, 5.74) is 5.78. The predicted molar refractivity (Wildman–Crippen MR) is 61.9 cm³/mol. The molecule has 1 saturated heterocycles. The average Bonchev–Trinajstić information content (AvgIpc) is 2.32. The van der Waals surface area contributed by atoms with Crippen LogP contribution in [0.2, 0.25) is 0 Å². The molecule has 0 atom stereocenters. The highest BCUT2D eigenvalue weighted by Crippen LogP contribution is 2.33. The second-order valence-corrected chi connectivity index (χ2v) is 4.36. The Balaban J connectivity index is 2.30. The SMILES string of the molecule is N#Cc1cc(N)cc(N2CCC(F)(F)CC2)c1F. The molecule has 1 heterocycles. The highest BCUT2D eigenvalue weighted by Gasteiger charge is 2.34. The van der Waals surface area contributed by atoms with Crippen molar-refractivity contribution >= 4 is 11.4 Å². The lowest BCUT2D eigenvalue weighted by atomic mass is 10.0. The number of benzene rings is 1. The summed E-state index contributed by atoms with van der Waals surface area (Å²) >= 11 is 0. The molecule has 6 heteroatoms. The molecule has 2 rings (SSSR count). The minimum Gasteiger partial charge on any atom is -0.399 e. The van der Waals surface area contributed by atoms with Crippen molar-refractivity contribution in [1.82, 2.24) is 0 Å². The van der Waals surface area contributed by atoms with E-state index in [1.54, 1.807) is 6.07 Å². The van der Waals surface area contributed by atoms with Crippen molar-refractivity contribution in [1.29, 1.82) is 5.26 Å². The van der Waals surface area contributed by atoms with Crippen LogP contribution >= 0.6 is 0 Å². The first-order valence-electron chi connectivity index (χ1n) is 5.55. The molecule has 96 valence electrons. The zero-order valence-corrected chi connectivity index (χ0v) is 9.59. The molecule has 0 spiro atoms. The molecule has 18 heavy (non-hydrogen) atoms. The number of nitriles is 1. The largest absolute Gasteiger partial charge is 0.399 e. The molecule has 1 fully saturated rings. The van der Waals surface area contributed by atoms with Gasteiger partial charge in [0, 0.05) is 31.6 Å². The van der Waals surface area contributed by atoms with Crippen LogP contribution in [-0.4, -0.2) is 19.0 Å². The third kappa shape index (κ3) is 2.35. The maximum atomic E-state index is 13.9. The van der Waals surface area contributed by atoms with Gasteiger partial charge in [0.15, 0.2) is 5.82 Å². The van der Waals surface area contributed by atoms with Gasteiger partial charge in [0.25, 0.3) is 5.92 Å². The zero-order chi connectivity index (χ0) is 13.3. The third-order valence-corrected chi connectivity index (χ3v) is 3.03. The third-order valence-electron chi connectivity index (χ3n) is 3.03. The van der Waals surface area contributed by atoms with Gasteiger partial charge in [-0.3, -0.25) is 0 Å². The Morgan fingerprint density at radius 2 is 1.89 bits per heavy atom. The Bertz CT molecular complexity index is 498. The first-order valence-corrected chi connectivity index (χ1v) is 5.55. The topological polar surface area (TPSA) is 53.1 Å². The van der Waals surface area contributed by atoms with Crippen LogP contribution in [0.5, 0.6) is 0 Å². The van der Waals surface area contributed by atoms with E-state index in [1.807, 2.05) is 0 Å². The maximum Gasteiger partial charge on any atom is 0.251 e. The lowest BCUT2D eigenvalue weighted by Crippen LogP contribution is -2.39. The van der Waals surface area contributed by atoms with Crippen LogP contribution in [0.15, 0.2) is 12.1 Å². The van der Waals surface area contributed by atoms with E-state index in [0.29, 0.717) is 0 Å². The van der Waals surface area contributed by atoms with Crippen molar-refractivity contribution in [2.75, 3.05) is 23.7 Å². The number of alkyl halides is 2. The minimum atomic E-state index is -2.69. The normalized spacial score (nSPS) is 18.4. The fourth-order valence-corrected chi connectivity index (χ4v) is 2.02. The molecule has 0 radical (unpaired) electrons. The van der Waals surface area contributed by atoms with Crippen molar-refractivity contribution in [3.05, 3.63) is 23.5 Å². The average molecular weight is 255 g/mol. The van der Waals surface area contributed by atoms with Crippen molar-refractivity contribution in [2.45, 2.75) is 18.8 Å². The fourth-order valence-electron chi connectivity index (χ4n) is 2.02. The predicted octanol–water partition coefficient (Wildman–Crippen LogP) is 2.52. The van der Waals surface area contributed by atoms with Gasteiger partial charge < -0.3 is 10.6 Å². The summed E-state index contributed by atoms with van der Waals surface area (Å²) < 4.78 is 40.0. The van der Waals surface area contributed by atoms with Gasteiger partial charge in [-0.25, -0.2) is 13.2 Å². The minimum absolute atomic E-state index is 0.0538. The highest BCUT2D eigenvalue weighted by atomic mass is 19.3. The van der Waals surface area contributed by atoms with Crippen LogP contribution in [-0.2, 0) is 0 Å². The van der Waals surface area contributed by atoms with E-state index in [1.165, 1.54) is 17.0 Å². The Hall–Kier alpha value is -1.90. The molecule has 1 aromatic rings. The molecule has 0 amide bonds. The molecule has 0 bridgehead atoms. The summed E-state index contributed by atoms with van der Waals surface area (Å²) in [6.45, 7) is 0.108. The molecule has 0 unspecified atom stereocenters. The van der Waals surface area contributed by atoms with E-state index in [4.69, 9.17) is 11.0 Å². The second kappa shape index (κ2) is 4.41. The zero-order valence-electron chi connectivity index (χ0n) is 9.59. The number of piperidine rings is 1. The molecule has 0 aromatic heterocycles. The van der Waals surface area contributed by atoms with Gasteiger partial charge in [0.05, 0.1) is 11.3 Å². The number of hydrogen-bond donors (Lipinski definition) is 1. The number of rotatable bonds is 1. The van der Waals surface area contributed by atoms with Gasteiger partial charge in [0.1, 0.15) is 6.07 Å². The van der Waals surface area contributed by atoms with Gasteiger partial charge >= 0.3 is 0 Å². The molecule has 2 N–H and O–H groups in total. The summed E-state index contributed by atoms with van der Waals surface area (Å²) in [6, 6.07) is 4.31. The first kappa shape index (κ1) is 12.6. The van der Waals surface area contributed by atoms with Gasteiger partial charge in [0.2, 0.25) is 0 Å². The smallest absolute Gasteiger partial charge is 0.251 e. The fraction of sp³-hybridized carbons (Fsp3) is 0.417. The molecule has 1 aliphatic rings. The maximum absolute atomic E-state index is 13.9. The lowest BCUT2D eigenvalue weighted by molar-refractivity contribution is -0.0221. The van der Waals surface area contributed by atoms with Crippen LogP contribution in [0.4, 0.5) is 24.5 Å². The first-order chi connectivity index (χ1) is 8.43. The van der Waals surface area contributed by atoms with E-state index in [-0.39, 0.29) is 42.9 Å². The molecule has 0 aliphatic carbocycles. The van der Waals surface area contributed by atoms with E-state index in [9.17, 15) is 13.2 Å². The summed E-state index contributed by atoms with van der Waals surface area (Å²) in [7, 11) is 0. The Morgan fingerprint density at radius 3 is 2.44 bits per heavy atom. The molecule has 0 saturated carbocycles. The van der Waals surface area contributed by atoms with Crippen molar-refractivity contribution in [2.24, 2.45) is 0 Å². The van der Waals surface area contributed by atoms with Crippen LogP contribution in [0.25, 0.3) is 0 Å². The van der Waals surface area contributed by atoms with Crippen LogP contribution < -0.4 is 10.6 Å². The van der Waals surface area contributed by atoms with E-state index in [2.05, 4.69) is 0 Å². The van der Waals surface area contributed by atoms with Crippen molar-refractivity contribution in [3.8, 4) is 6.07 Å². The summed E-state index contributed by atoms with van der Waals surface area (Å²) in [4.78, 5) is 1.50. The summed E-state index contributed by atoms with van der Waals surface area (Å²) in [6.07, 6.45) is -0.633. The van der Waals surface area contributed by atoms with Crippen molar-refractivity contribution in [3.63, 3.8) is 0 Å². The number of nitrogens with zero attached hydrogens (tertiary/aromatic N) is 2. The second-order valence-electron chi connectivity index (χ2n) is 4.36. The summed E-state index contributed by atoms with van der Waals surface area (Å²) in [5.74, 6) is -3.39. The standard InChI is InChI=1S/C12H12F3N3/c13-11-8(7-16)5-9(17)6-10(11)18-3-1-12(14,15)2-4-18/h5-6H,1-4,17H2. The van der Waals surface area contributed by atoms with E-state index in [0.717, 1.165) is 0 Å². The van der Waals surface area contributed by atoms with Gasteiger partial charge in [-0.05, 0) is 12.1 Å². The molecule has 1 aromatic carbocycles. The Morgan fingerprint density at radius 1 is 1.28 bits per heavy atom. The lowest BCUT2D eigenvalue weighted by Gasteiger charge is -2.33. The highest BCUT2D eigenvalue weighted by molar-refractivity contribution is 5.62. The quantitative estimate of drug-likeness (QED) is 0.784. The number of nitrogen functional groups attached to an aromatic ring is 1. The number of nitrogens with two attached hydrogens (primary N) is 1. The van der Waals surface area contributed by atoms with Crippen molar-refractivity contribution < 1.29 is 13.2 Å². The van der Waals surface area contributed by atoms with Crippen LogP contribution in [0, 0.1) is 17.1 Å². The summed E-state index contributed by atoms with van der Waals surface area (Å²) in [5, 5.41) is 8.76.